The van der Waals surface area contributed by atoms with E-state index in [1.54, 1.807) is 56.3 Å². The fourth-order valence-corrected chi connectivity index (χ4v) is 8.94. The molecule has 0 amide bonds. The van der Waals surface area contributed by atoms with Crippen molar-refractivity contribution in [3.8, 4) is 28.3 Å². The summed E-state index contributed by atoms with van der Waals surface area (Å²) in [5, 5.41) is 23.9. The van der Waals surface area contributed by atoms with E-state index >= 15 is 0 Å². The van der Waals surface area contributed by atoms with Gasteiger partial charge in [0, 0.05) is 51.9 Å². The fourth-order valence-electron chi connectivity index (χ4n) is 7.02. The standard InChI is InChI=1S/C37H32N6O6S2/c1-19-15-23(10-13-28(19)50(3,45)46)30-25(17-38)9-12-27-33(30)35(22-7-8-22)42-43(27)49-37(44)36-31(24-11-14-29(20(2)16-24)51(4,47)48)32-26(18-39-36)40-41-34(32)21-5-6-21/h9-16,18,21-22H,5-8H2,1-4H3,(H,40,41). The lowest BCUT2D eigenvalue weighted by Crippen LogP contribution is -2.23. The number of benzene rings is 3. The lowest BCUT2D eigenvalue weighted by Gasteiger charge is -2.13. The Morgan fingerprint density at radius 3 is 2.02 bits per heavy atom. The molecule has 0 unspecified atom stereocenters. The molecule has 14 heteroatoms. The molecule has 0 aliphatic heterocycles. The molecule has 0 atom stereocenters. The largest absolute Gasteiger partial charge is 0.384 e. The normalized spacial score (nSPS) is 15.0. The van der Waals surface area contributed by atoms with Gasteiger partial charge >= 0.3 is 5.97 Å². The second-order valence-electron chi connectivity index (χ2n) is 13.6. The van der Waals surface area contributed by atoms with Crippen LogP contribution in [0.4, 0.5) is 0 Å². The number of carbonyl (C=O) groups excluding carboxylic acids is 1. The quantitative estimate of drug-likeness (QED) is 0.197. The van der Waals surface area contributed by atoms with Gasteiger partial charge in [0.25, 0.3) is 0 Å². The summed E-state index contributed by atoms with van der Waals surface area (Å²) in [4.78, 5) is 26.4. The third-order valence-electron chi connectivity index (χ3n) is 9.63. The molecule has 51 heavy (non-hydrogen) atoms. The highest BCUT2D eigenvalue weighted by molar-refractivity contribution is 7.91. The Labute approximate surface area is 293 Å². The first kappa shape index (κ1) is 32.8. The van der Waals surface area contributed by atoms with E-state index in [1.807, 2.05) is 0 Å². The Bertz CT molecular complexity index is 2750. The van der Waals surface area contributed by atoms with Crippen LogP contribution in [-0.2, 0) is 19.7 Å². The second kappa shape index (κ2) is 11.6. The smallest absolute Gasteiger partial charge is 0.311 e. The van der Waals surface area contributed by atoms with Crippen LogP contribution in [0.2, 0.25) is 0 Å². The molecular formula is C37H32N6O6S2. The maximum Gasteiger partial charge on any atom is 0.384 e. The van der Waals surface area contributed by atoms with E-state index < -0.39 is 25.6 Å². The molecule has 0 bridgehead atoms. The predicted molar refractivity (Wildman–Crippen MR) is 190 cm³/mol. The zero-order valence-electron chi connectivity index (χ0n) is 28.2. The molecule has 0 radical (unpaired) electrons. The van der Waals surface area contributed by atoms with Gasteiger partial charge in [-0.25, -0.2) is 26.6 Å². The molecule has 2 aliphatic rings. The molecular weight excluding hydrogens is 689 g/mol. The molecule has 0 spiro atoms. The minimum Gasteiger partial charge on any atom is -0.311 e. The van der Waals surface area contributed by atoms with Crippen molar-refractivity contribution in [1.82, 2.24) is 25.1 Å². The van der Waals surface area contributed by atoms with Gasteiger partial charge in [0.1, 0.15) is 11.0 Å². The molecule has 3 aromatic carbocycles. The number of nitriles is 1. The van der Waals surface area contributed by atoms with Crippen molar-refractivity contribution in [3.05, 3.63) is 88.5 Å². The summed E-state index contributed by atoms with van der Waals surface area (Å²) in [5.41, 5.74) is 6.32. The molecule has 6 aromatic rings. The first-order valence-electron chi connectivity index (χ1n) is 16.4. The van der Waals surface area contributed by atoms with Crippen molar-refractivity contribution < 1.29 is 26.5 Å². The summed E-state index contributed by atoms with van der Waals surface area (Å²) < 4.78 is 49.6. The van der Waals surface area contributed by atoms with Crippen LogP contribution >= 0.6 is 0 Å². The minimum absolute atomic E-state index is 0.00906. The molecule has 8 rings (SSSR count). The minimum atomic E-state index is -3.49. The second-order valence-corrected chi connectivity index (χ2v) is 17.5. The Hall–Kier alpha value is -5.39. The number of sulfone groups is 2. The number of fused-ring (bicyclic) bond motifs is 2. The Balaban J connectivity index is 1.29. The van der Waals surface area contributed by atoms with Crippen LogP contribution < -0.4 is 4.84 Å². The van der Waals surface area contributed by atoms with Gasteiger partial charge in [0.05, 0.1) is 33.3 Å². The number of pyridine rings is 1. The number of nitrogens with zero attached hydrogens (tertiary/aromatic N) is 5. The molecule has 3 heterocycles. The van der Waals surface area contributed by atoms with E-state index in [4.69, 9.17) is 9.94 Å². The molecule has 2 fully saturated rings. The summed E-state index contributed by atoms with van der Waals surface area (Å²) in [7, 11) is -6.95. The van der Waals surface area contributed by atoms with Crippen LogP contribution in [0.25, 0.3) is 44.1 Å². The number of aromatic amines is 1. The number of carbonyl (C=O) groups is 1. The molecule has 2 aliphatic carbocycles. The first-order valence-corrected chi connectivity index (χ1v) is 20.2. The summed E-state index contributed by atoms with van der Waals surface area (Å²) in [6, 6.07) is 15.5. The van der Waals surface area contributed by atoms with Crippen molar-refractivity contribution in [2.24, 2.45) is 0 Å². The van der Waals surface area contributed by atoms with Gasteiger partial charge in [-0.3, -0.25) is 5.10 Å². The monoisotopic (exact) mass is 720 g/mol. The average molecular weight is 721 g/mol. The fraction of sp³-hybridized carbons (Fsp3) is 0.270. The number of aryl methyl sites for hydroxylation is 2. The zero-order chi connectivity index (χ0) is 36.0. The van der Waals surface area contributed by atoms with Gasteiger partial charge in [-0.15, -0.1) is 5.10 Å². The third-order valence-corrected chi connectivity index (χ3v) is 12.1. The number of hydrogen-bond acceptors (Lipinski definition) is 10. The lowest BCUT2D eigenvalue weighted by molar-refractivity contribution is 0.0412. The SMILES string of the molecule is Cc1cc(-c2c(C(=O)On3nc(C4CC4)c4c(-c5ccc(S(C)(=O)=O)c(C)c5)c(C#N)ccc43)ncc3n[nH]c(C4CC4)c23)ccc1S(C)(=O)=O. The van der Waals surface area contributed by atoms with Crippen LogP contribution in [-0.4, -0.2) is 60.4 Å². The van der Waals surface area contributed by atoms with Crippen LogP contribution in [0.3, 0.4) is 0 Å². The van der Waals surface area contributed by atoms with E-state index in [0.29, 0.717) is 61.1 Å². The number of H-pyrrole nitrogens is 1. The number of aromatic nitrogens is 5. The molecule has 258 valence electrons. The van der Waals surface area contributed by atoms with Gasteiger partial charge in [0.15, 0.2) is 25.4 Å². The van der Waals surface area contributed by atoms with Gasteiger partial charge in [-0.2, -0.15) is 10.4 Å². The first-order chi connectivity index (χ1) is 24.2. The van der Waals surface area contributed by atoms with E-state index in [9.17, 15) is 26.9 Å². The highest BCUT2D eigenvalue weighted by atomic mass is 32.2. The van der Waals surface area contributed by atoms with Gasteiger partial charge in [-0.05, 0) is 86.1 Å². The van der Waals surface area contributed by atoms with E-state index in [1.165, 1.54) is 17.1 Å². The van der Waals surface area contributed by atoms with Crippen LogP contribution in [0.1, 0.15) is 76.1 Å². The van der Waals surface area contributed by atoms with Crippen molar-refractivity contribution in [1.29, 1.82) is 5.26 Å². The Morgan fingerprint density at radius 2 is 1.47 bits per heavy atom. The topological polar surface area (TPSA) is 178 Å². The summed E-state index contributed by atoms with van der Waals surface area (Å²) in [6.07, 6.45) is 7.52. The van der Waals surface area contributed by atoms with Crippen molar-refractivity contribution >= 4 is 47.4 Å². The summed E-state index contributed by atoms with van der Waals surface area (Å²) >= 11 is 0. The average Bonchev–Trinajstić information content (AvgIpc) is 4.02. The van der Waals surface area contributed by atoms with Crippen molar-refractivity contribution in [2.45, 2.75) is 61.2 Å². The van der Waals surface area contributed by atoms with E-state index in [2.05, 4.69) is 21.3 Å². The van der Waals surface area contributed by atoms with Gasteiger partial charge in [0.2, 0.25) is 0 Å². The summed E-state index contributed by atoms with van der Waals surface area (Å²) in [5.74, 6) is -0.453. The number of rotatable bonds is 8. The highest BCUT2D eigenvalue weighted by Crippen LogP contribution is 2.47. The number of nitrogens with one attached hydrogen (secondary N) is 1. The third kappa shape index (κ3) is 5.66. The van der Waals surface area contributed by atoms with Crippen LogP contribution in [0, 0.1) is 25.2 Å². The maximum atomic E-state index is 14.3. The maximum absolute atomic E-state index is 14.3. The molecule has 1 N–H and O–H groups in total. The van der Waals surface area contributed by atoms with Crippen LogP contribution in [0.15, 0.2) is 64.5 Å². The van der Waals surface area contributed by atoms with Gasteiger partial charge in [-0.1, -0.05) is 29.1 Å². The van der Waals surface area contributed by atoms with Crippen LogP contribution in [0.5, 0.6) is 0 Å². The molecule has 3 aromatic heterocycles. The molecule has 0 saturated heterocycles. The van der Waals surface area contributed by atoms with Crippen molar-refractivity contribution in [3.63, 3.8) is 0 Å². The van der Waals surface area contributed by atoms with Crippen molar-refractivity contribution in [2.75, 3.05) is 12.5 Å². The lowest BCUT2D eigenvalue weighted by atomic mass is 9.93. The van der Waals surface area contributed by atoms with Gasteiger partial charge < -0.3 is 4.84 Å². The van der Waals surface area contributed by atoms with E-state index in [0.717, 1.165) is 49.3 Å². The Kier molecular flexibility index (Phi) is 7.44. The molecule has 12 nitrogen and oxygen atoms in total. The summed E-state index contributed by atoms with van der Waals surface area (Å²) in [6.45, 7) is 3.42. The predicted octanol–water partition coefficient (Wildman–Crippen LogP) is 5.96. The number of hydrogen-bond donors (Lipinski definition) is 1. The zero-order valence-corrected chi connectivity index (χ0v) is 29.8. The Morgan fingerprint density at radius 1 is 0.863 bits per heavy atom. The van der Waals surface area contributed by atoms with E-state index in [-0.39, 0.29) is 27.3 Å². The molecule has 2 saturated carbocycles. The highest BCUT2D eigenvalue weighted by Gasteiger charge is 2.34.